The Morgan fingerprint density at radius 2 is 0.634 bits per heavy atom. The van der Waals surface area contributed by atoms with Gasteiger partial charge in [0.15, 0.2) is 0 Å². The summed E-state index contributed by atoms with van der Waals surface area (Å²) in [5.41, 5.74) is 0. The molecule has 2 unspecified atom stereocenters. The zero-order valence-electron chi connectivity index (χ0n) is 47.2. The molecule has 1 amide bonds. The predicted octanol–water partition coefficient (Wildman–Crippen LogP) is 20.9. The summed E-state index contributed by atoms with van der Waals surface area (Å²) in [7, 11) is 0. The number of aliphatic hydroxyl groups excluding tert-OH is 2. The van der Waals surface area contributed by atoms with Crippen LogP contribution in [0.1, 0.15) is 303 Å². The number of aliphatic hydroxyl groups is 2. The van der Waals surface area contributed by atoms with Crippen molar-refractivity contribution in [3.05, 3.63) is 97.2 Å². The first-order valence-electron chi connectivity index (χ1n) is 31.0. The third-order valence-electron chi connectivity index (χ3n) is 13.8. The van der Waals surface area contributed by atoms with Crippen molar-refractivity contribution in [2.24, 2.45) is 0 Å². The Bertz CT molecular complexity index is 1300. The van der Waals surface area contributed by atoms with E-state index in [-0.39, 0.29) is 12.5 Å². The number of allylic oxidation sites excluding steroid dienone is 15. The molecule has 0 bridgehead atoms. The summed E-state index contributed by atoms with van der Waals surface area (Å²) < 4.78 is 0. The lowest BCUT2D eigenvalue weighted by atomic mass is 10.0. The van der Waals surface area contributed by atoms with Crippen LogP contribution in [0.15, 0.2) is 97.2 Å². The monoisotopic (exact) mass is 986 g/mol. The Kier molecular flexibility index (Phi) is 59.3. The van der Waals surface area contributed by atoms with Crippen LogP contribution in [0.4, 0.5) is 0 Å². The van der Waals surface area contributed by atoms with E-state index < -0.39 is 12.1 Å². The van der Waals surface area contributed by atoms with Crippen LogP contribution in [-0.4, -0.2) is 34.9 Å². The van der Waals surface area contributed by atoms with Crippen molar-refractivity contribution < 1.29 is 15.0 Å². The minimum Gasteiger partial charge on any atom is -0.394 e. The summed E-state index contributed by atoms with van der Waals surface area (Å²) in [6.07, 6.45) is 91.7. The highest BCUT2D eigenvalue weighted by Gasteiger charge is 2.18. The van der Waals surface area contributed by atoms with Crippen molar-refractivity contribution in [3.8, 4) is 0 Å². The highest BCUT2D eigenvalue weighted by Crippen LogP contribution is 2.17. The van der Waals surface area contributed by atoms with Crippen LogP contribution in [-0.2, 0) is 4.79 Å². The molecule has 0 heterocycles. The van der Waals surface area contributed by atoms with Crippen LogP contribution in [0.25, 0.3) is 0 Å². The quantitative estimate of drug-likeness (QED) is 0.0420. The lowest BCUT2D eigenvalue weighted by Gasteiger charge is -2.19. The molecule has 0 saturated heterocycles. The first kappa shape index (κ1) is 68.3. The average molecular weight is 987 g/mol. The van der Waals surface area contributed by atoms with E-state index in [0.29, 0.717) is 6.42 Å². The number of rotatable bonds is 56. The topological polar surface area (TPSA) is 69.6 Å². The van der Waals surface area contributed by atoms with E-state index in [4.69, 9.17) is 0 Å². The molecule has 0 radical (unpaired) electrons. The standard InChI is InChI=1S/C67H119NO3/c1-3-5-7-9-11-13-15-17-19-21-23-25-27-29-31-32-33-34-35-36-37-39-41-43-45-47-49-51-53-55-57-59-61-63-67(71)68-65(64-69)66(70)62-60-58-56-54-52-50-48-46-44-42-40-38-30-28-26-24-22-20-18-16-14-12-10-8-6-4-2/h5,7,11,13,17,19,23,25,29,31,44,46,52,54,60,62,65-66,69-70H,3-4,6,8-10,12,14-16,18,20-22,24,26-28,30,32-43,45,47-51,53,55-59,61,63-64H2,1-2H3,(H,68,71)/b7-5-,13-11-,19-17-,25-23-,31-29-,46-44+,54-52+,62-60+. The lowest BCUT2D eigenvalue weighted by Crippen LogP contribution is -2.45. The summed E-state index contributed by atoms with van der Waals surface area (Å²) in [6, 6.07) is -0.651. The Morgan fingerprint density at radius 1 is 0.352 bits per heavy atom. The van der Waals surface area contributed by atoms with Gasteiger partial charge in [0.2, 0.25) is 5.91 Å². The van der Waals surface area contributed by atoms with Gasteiger partial charge in [-0.2, -0.15) is 0 Å². The molecule has 0 aliphatic rings. The van der Waals surface area contributed by atoms with Gasteiger partial charge in [-0.1, -0.05) is 304 Å². The summed E-state index contributed by atoms with van der Waals surface area (Å²) in [5.74, 6) is -0.0773. The Labute approximate surface area is 443 Å². The number of hydrogen-bond donors (Lipinski definition) is 3. The van der Waals surface area contributed by atoms with Gasteiger partial charge < -0.3 is 15.5 Å². The third kappa shape index (κ3) is 58.1. The molecule has 0 spiro atoms. The van der Waals surface area contributed by atoms with Gasteiger partial charge in [-0.15, -0.1) is 0 Å². The molecular formula is C67H119NO3. The molecule has 71 heavy (non-hydrogen) atoms. The van der Waals surface area contributed by atoms with E-state index in [1.54, 1.807) is 6.08 Å². The van der Waals surface area contributed by atoms with Gasteiger partial charge in [0, 0.05) is 6.42 Å². The van der Waals surface area contributed by atoms with Crippen LogP contribution in [0, 0.1) is 0 Å². The van der Waals surface area contributed by atoms with Crippen molar-refractivity contribution in [3.63, 3.8) is 0 Å². The van der Waals surface area contributed by atoms with Crippen LogP contribution >= 0.6 is 0 Å². The molecule has 0 aliphatic carbocycles. The molecule has 2 atom stereocenters. The summed E-state index contributed by atoms with van der Waals surface area (Å²) in [6.45, 7) is 4.20. The van der Waals surface area contributed by atoms with Gasteiger partial charge in [-0.3, -0.25) is 4.79 Å². The molecule has 410 valence electrons. The van der Waals surface area contributed by atoms with Crippen molar-refractivity contribution >= 4 is 5.91 Å². The highest BCUT2D eigenvalue weighted by molar-refractivity contribution is 5.76. The first-order chi connectivity index (χ1) is 35.2. The molecular weight excluding hydrogens is 867 g/mol. The highest BCUT2D eigenvalue weighted by atomic mass is 16.3. The third-order valence-corrected chi connectivity index (χ3v) is 13.8. The molecule has 0 aromatic rings. The van der Waals surface area contributed by atoms with Gasteiger partial charge in [0.1, 0.15) is 0 Å². The van der Waals surface area contributed by atoms with Crippen molar-refractivity contribution in [2.45, 2.75) is 315 Å². The Morgan fingerprint density at radius 3 is 0.986 bits per heavy atom. The second kappa shape index (κ2) is 61.6. The second-order valence-electron chi connectivity index (χ2n) is 20.7. The normalized spacial score (nSPS) is 13.5. The van der Waals surface area contributed by atoms with E-state index in [9.17, 15) is 15.0 Å². The SMILES string of the molecule is CC/C=C\C/C=C\C/C=C\C/C=C\C/C=C\CCCCCCCCCCCCCCCCCCCC(=O)NC(CO)C(O)/C=C/CC/C=C/CC/C=C/CCCCCCCCCCCCCCCCCC. The van der Waals surface area contributed by atoms with Crippen LogP contribution in [0.5, 0.6) is 0 Å². The largest absolute Gasteiger partial charge is 0.394 e. The maximum Gasteiger partial charge on any atom is 0.220 e. The van der Waals surface area contributed by atoms with Crippen LogP contribution in [0.2, 0.25) is 0 Å². The van der Waals surface area contributed by atoms with Crippen LogP contribution in [0.3, 0.4) is 0 Å². The van der Waals surface area contributed by atoms with E-state index >= 15 is 0 Å². The number of carbonyl (C=O) groups excluding carboxylic acids is 1. The molecule has 4 heteroatoms. The van der Waals surface area contributed by atoms with Gasteiger partial charge in [0.25, 0.3) is 0 Å². The minimum absolute atomic E-state index is 0.0773. The molecule has 0 rings (SSSR count). The lowest BCUT2D eigenvalue weighted by molar-refractivity contribution is -0.123. The number of hydrogen-bond acceptors (Lipinski definition) is 3. The number of amides is 1. The van der Waals surface area contributed by atoms with Gasteiger partial charge in [-0.05, 0) is 89.9 Å². The van der Waals surface area contributed by atoms with E-state index in [2.05, 4.69) is 104 Å². The number of unbranched alkanes of at least 4 members (excludes halogenated alkanes) is 35. The zero-order chi connectivity index (χ0) is 51.3. The summed E-state index contributed by atoms with van der Waals surface area (Å²) >= 11 is 0. The zero-order valence-corrected chi connectivity index (χ0v) is 47.2. The molecule has 4 nitrogen and oxygen atoms in total. The first-order valence-corrected chi connectivity index (χ1v) is 31.0. The molecule has 3 N–H and O–H groups in total. The van der Waals surface area contributed by atoms with Crippen molar-refractivity contribution in [1.29, 1.82) is 0 Å². The van der Waals surface area contributed by atoms with Gasteiger partial charge in [-0.25, -0.2) is 0 Å². The van der Waals surface area contributed by atoms with Crippen molar-refractivity contribution in [2.75, 3.05) is 6.61 Å². The van der Waals surface area contributed by atoms with Gasteiger partial charge in [0.05, 0.1) is 18.8 Å². The minimum atomic E-state index is -0.876. The predicted molar refractivity (Wildman–Crippen MR) is 317 cm³/mol. The summed E-state index contributed by atoms with van der Waals surface area (Å²) in [4.78, 5) is 12.5. The molecule has 0 aromatic heterocycles. The number of carbonyl (C=O) groups is 1. The second-order valence-corrected chi connectivity index (χ2v) is 20.7. The average Bonchev–Trinajstić information content (AvgIpc) is 3.37. The maximum atomic E-state index is 12.5. The molecule has 0 fully saturated rings. The molecule has 0 aliphatic heterocycles. The maximum absolute atomic E-state index is 12.5. The fourth-order valence-corrected chi connectivity index (χ4v) is 9.12. The van der Waals surface area contributed by atoms with E-state index in [1.807, 2.05) is 6.08 Å². The Balaban J connectivity index is 3.54. The fourth-order valence-electron chi connectivity index (χ4n) is 9.12. The van der Waals surface area contributed by atoms with E-state index in [1.165, 1.54) is 212 Å². The van der Waals surface area contributed by atoms with Crippen LogP contribution < -0.4 is 5.32 Å². The fraction of sp³-hybridized carbons (Fsp3) is 0.746. The summed E-state index contributed by atoms with van der Waals surface area (Å²) in [5, 5.41) is 23.2. The van der Waals surface area contributed by atoms with Crippen molar-refractivity contribution in [1.82, 2.24) is 5.32 Å². The van der Waals surface area contributed by atoms with Gasteiger partial charge >= 0.3 is 0 Å². The smallest absolute Gasteiger partial charge is 0.220 e. The molecule has 0 saturated carbocycles. The number of nitrogens with one attached hydrogen (secondary N) is 1. The Hall–Kier alpha value is -2.69. The van der Waals surface area contributed by atoms with E-state index in [0.717, 1.165) is 70.6 Å². The molecule has 0 aromatic carbocycles.